The number of hydrogen-bond acceptors (Lipinski definition) is 2. The van der Waals surface area contributed by atoms with E-state index in [-0.39, 0.29) is 11.6 Å². The second kappa shape index (κ2) is 6.78. The molecule has 0 atom stereocenters. The Labute approximate surface area is 132 Å². The first kappa shape index (κ1) is 15.6. The molecule has 1 amide bonds. The molecular formula is C15H13Cl2FN2O. The average Bonchev–Trinajstić information content (AvgIpc) is 2.42. The van der Waals surface area contributed by atoms with Gasteiger partial charge >= 0.3 is 0 Å². The predicted octanol–water partition coefficient (Wildman–Crippen LogP) is 4.70. The Balaban J connectivity index is 2.15. The molecular weight excluding hydrogens is 314 g/mol. The molecule has 0 aliphatic heterocycles. The fourth-order valence-electron chi connectivity index (χ4n) is 1.81. The summed E-state index contributed by atoms with van der Waals surface area (Å²) in [6.45, 7) is 1.71. The summed E-state index contributed by atoms with van der Waals surface area (Å²) in [6, 6.07) is 9.39. The molecule has 0 fully saturated rings. The summed E-state index contributed by atoms with van der Waals surface area (Å²) < 4.78 is 13.8. The molecule has 0 bridgehead atoms. The summed E-state index contributed by atoms with van der Waals surface area (Å²) in [5.41, 5.74) is 1.55. The smallest absolute Gasteiger partial charge is 0.221 e. The number of hydrogen-bond donors (Lipinski definition) is 2. The van der Waals surface area contributed by atoms with Gasteiger partial charge in [-0.2, -0.15) is 0 Å². The summed E-state index contributed by atoms with van der Waals surface area (Å²) in [5, 5.41) is 6.65. The Bertz CT molecular complexity index is 677. The third-order valence-corrected chi connectivity index (χ3v) is 3.37. The van der Waals surface area contributed by atoms with Gasteiger partial charge in [0, 0.05) is 29.2 Å². The molecule has 0 aromatic heterocycles. The van der Waals surface area contributed by atoms with Gasteiger partial charge in [-0.25, -0.2) is 4.39 Å². The predicted molar refractivity (Wildman–Crippen MR) is 84.5 cm³/mol. The Kier molecular flexibility index (Phi) is 5.04. The Morgan fingerprint density at radius 2 is 1.95 bits per heavy atom. The van der Waals surface area contributed by atoms with Crippen LogP contribution < -0.4 is 10.6 Å². The fraction of sp³-hybridized carbons (Fsp3) is 0.133. The van der Waals surface area contributed by atoms with E-state index >= 15 is 0 Å². The van der Waals surface area contributed by atoms with Crippen molar-refractivity contribution in [2.45, 2.75) is 13.5 Å². The van der Waals surface area contributed by atoms with Crippen molar-refractivity contribution in [1.82, 2.24) is 0 Å². The van der Waals surface area contributed by atoms with Crippen LogP contribution in [0.15, 0.2) is 36.4 Å². The number of anilines is 2. The van der Waals surface area contributed by atoms with Crippen molar-refractivity contribution in [3.8, 4) is 0 Å². The van der Waals surface area contributed by atoms with Crippen LogP contribution in [0.4, 0.5) is 15.8 Å². The second-order valence-corrected chi connectivity index (χ2v) is 5.31. The highest BCUT2D eigenvalue weighted by Gasteiger charge is 2.06. The van der Waals surface area contributed by atoms with Crippen LogP contribution in [0.25, 0.3) is 0 Å². The Morgan fingerprint density at radius 3 is 2.67 bits per heavy atom. The summed E-state index contributed by atoms with van der Waals surface area (Å²) in [5.74, 6) is -0.632. The maximum Gasteiger partial charge on any atom is 0.221 e. The lowest BCUT2D eigenvalue weighted by Gasteiger charge is -2.11. The molecule has 0 heterocycles. The standard InChI is InChI=1S/C15H13Cl2FN2O/c1-9(21)20-12-3-5-14(18)15(7-12)19-8-10-6-11(16)2-4-13(10)17/h2-7,19H,8H2,1H3,(H,20,21). The van der Waals surface area contributed by atoms with Gasteiger partial charge in [0.25, 0.3) is 0 Å². The summed E-state index contributed by atoms with van der Waals surface area (Å²) >= 11 is 12.0. The molecule has 0 aliphatic carbocycles. The van der Waals surface area contributed by atoms with E-state index in [0.29, 0.717) is 22.3 Å². The molecule has 0 unspecified atom stereocenters. The molecule has 0 aliphatic rings. The third kappa shape index (κ3) is 4.34. The molecule has 0 spiro atoms. The lowest BCUT2D eigenvalue weighted by molar-refractivity contribution is -0.114. The number of nitrogens with one attached hydrogen (secondary N) is 2. The highest BCUT2D eigenvalue weighted by Crippen LogP contribution is 2.24. The minimum atomic E-state index is -0.415. The number of rotatable bonds is 4. The second-order valence-electron chi connectivity index (χ2n) is 4.47. The monoisotopic (exact) mass is 326 g/mol. The van der Waals surface area contributed by atoms with Crippen LogP contribution in [0.2, 0.25) is 10.0 Å². The summed E-state index contributed by atoms with van der Waals surface area (Å²) in [4.78, 5) is 11.0. The minimum Gasteiger partial charge on any atom is -0.378 e. The molecule has 3 nitrogen and oxygen atoms in total. The van der Waals surface area contributed by atoms with Gasteiger partial charge in [-0.05, 0) is 42.0 Å². The quantitative estimate of drug-likeness (QED) is 0.854. The zero-order chi connectivity index (χ0) is 15.4. The van der Waals surface area contributed by atoms with Crippen LogP contribution in [0, 0.1) is 5.82 Å². The van der Waals surface area contributed by atoms with Crippen molar-refractivity contribution in [2.75, 3.05) is 10.6 Å². The summed E-state index contributed by atoms with van der Waals surface area (Å²) in [7, 11) is 0. The van der Waals surface area contributed by atoms with Crippen LogP contribution in [0.1, 0.15) is 12.5 Å². The lowest BCUT2D eigenvalue weighted by Crippen LogP contribution is -2.07. The van der Waals surface area contributed by atoms with Gasteiger partial charge in [0.2, 0.25) is 5.91 Å². The zero-order valence-electron chi connectivity index (χ0n) is 11.2. The van der Waals surface area contributed by atoms with Gasteiger partial charge in [-0.15, -0.1) is 0 Å². The van der Waals surface area contributed by atoms with Gasteiger partial charge in [0.05, 0.1) is 5.69 Å². The van der Waals surface area contributed by atoms with Gasteiger partial charge in [-0.1, -0.05) is 23.2 Å². The maximum atomic E-state index is 13.8. The van der Waals surface area contributed by atoms with E-state index in [1.54, 1.807) is 18.2 Å². The average molecular weight is 327 g/mol. The van der Waals surface area contributed by atoms with Crippen molar-refractivity contribution < 1.29 is 9.18 Å². The number of carbonyl (C=O) groups excluding carboxylic acids is 1. The first-order valence-corrected chi connectivity index (χ1v) is 6.96. The van der Waals surface area contributed by atoms with E-state index in [2.05, 4.69) is 10.6 Å². The number of amides is 1. The van der Waals surface area contributed by atoms with Gasteiger partial charge < -0.3 is 10.6 Å². The highest BCUT2D eigenvalue weighted by molar-refractivity contribution is 6.33. The van der Waals surface area contributed by atoms with Crippen LogP contribution in [0.3, 0.4) is 0 Å². The van der Waals surface area contributed by atoms with Gasteiger partial charge in [-0.3, -0.25) is 4.79 Å². The Hall–Kier alpha value is -1.78. The molecule has 2 aromatic carbocycles. The SMILES string of the molecule is CC(=O)Nc1ccc(F)c(NCc2cc(Cl)ccc2Cl)c1. The Morgan fingerprint density at radius 1 is 1.19 bits per heavy atom. The third-order valence-electron chi connectivity index (χ3n) is 2.76. The molecule has 2 rings (SSSR count). The van der Waals surface area contributed by atoms with E-state index < -0.39 is 5.82 Å². The molecule has 2 aromatic rings. The van der Waals surface area contributed by atoms with E-state index in [9.17, 15) is 9.18 Å². The van der Waals surface area contributed by atoms with E-state index in [1.165, 1.54) is 25.1 Å². The highest BCUT2D eigenvalue weighted by atomic mass is 35.5. The molecule has 0 saturated carbocycles. The van der Waals surface area contributed by atoms with Crippen LogP contribution in [-0.2, 0) is 11.3 Å². The summed E-state index contributed by atoms with van der Waals surface area (Å²) in [6.07, 6.45) is 0. The van der Waals surface area contributed by atoms with E-state index in [1.807, 2.05) is 0 Å². The molecule has 110 valence electrons. The number of benzene rings is 2. The van der Waals surface area contributed by atoms with Crippen molar-refractivity contribution >= 4 is 40.5 Å². The molecule has 21 heavy (non-hydrogen) atoms. The minimum absolute atomic E-state index is 0.217. The number of carbonyl (C=O) groups is 1. The lowest BCUT2D eigenvalue weighted by atomic mass is 10.2. The fourth-order valence-corrected chi connectivity index (χ4v) is 2.19. The first-order valence-electron chi connectivity index (χ1n) is 6.20. The van der Waals surface area contributed by atoms with Gasteiger partial charge in [0.1, 0.15) is 5.82 Å². The van der Waals surface area contributed by atoms with Crippen molar-refractivity contribution in [3.63, 3.8) is 0 Å². The van der Waals surface area contributed by atoms with E-state index in [4.69, 9.17) is 23.2 Å². The van der Waals surface area contributed by atoms with Crippen molar-refractivity contribution in [1.29, 1.82) is 0 Å². The topological polar surface area (TPSA) is 41.1 Å². The van der Waals surface area contributed by atoms with Crippen LogP contribution in [0.5, 0.6) is 0 Å². The maximum absolute atomic E-state index is 13.8. The molecule has 0 saturated heterocycles. The number of halogens is 3. The first-order chi connectivity index (χ1) is 9.95. The normalized spacial score (nSPS) is 10.3. The molecule has 6 heteroatoms. The largest absolute Gasteiger partial charge is 0.378 e. The van der Waals surface area contributed by atoms with Crippen LogP contribution >= 0.6 is 23.2 Å². The van der Waals surface area contributed by atoms with E-state index in [0.717, 1.165) is 5.56 Å². The van der Waals surface area contributed by atoms with Crippen LogP contribution in [-0.4, -0.2) is 5.91 Å². The van der Waals surface area contributed by atoms with Crippen molar-refractivity contribution in [3.05, 3.63) is 57.8 Å². The van der Waals surface area contributed by atoms with Gasteiger partial charge in [0.15, 0.2) is 0 Å². The molecule has 2 N–H and O–H groups in total. The zero-order valence-corrected chi connectivity index (χ0v) is 12.7. The van der Waals surface area contributed by atoms with Crippen molar-refractivity contribution in [2.24, 2.45) is 0 Å². The molecule has 0 radical (unpaired) electrons.